The summed E-state index contributed by atoms with van der Waals surface area (Å²) in [5, 5.41) is 11.2. The van der Waals surface area contributed by atoms with E-state index in [0.717, 1.165) is 40.9 Å². The number of hydrogen-bond donors (Lipinski definition) is 2. The van der Waals surface area contributed by atoms with Crippen LogP contribution in [0.25, 0.3) is 5.69 Å². The summed E-state index contributed by atoms with van der Waals surface area (Å²) in [6.45, 7) is 4.24. The van der Waals surface area contributed by atoms with Gasteiger partial charge in [-0.1, -0.05) is 24.3 Å². The third-order valence-electron chi connectivity index (χ3n) is 4.30. The molecule has 7 heteroatoms. The molecule has 28 heavy (non-hydrogen) atoms. The average Bonchev–Trinajstić information content (AvgIpc) is 3.40. The molecule has 1 aliphatic rings. The van der Waals surface area contributed by atoms with Crippen molar-refractivity contribution in [1.82, 2.24) is 20.4 Å². The van der Waals surface area contributed by atoms with Gasteiger partial charge < -0.3 is 20.1 Å². The molecule has 1 aromatic heterocycles. The van der Waals surface area contributed by atoms with Crippen LogP contribution in [0.15, 0.2) is 65.8 Å². The first-order valence-corrected chi connectivity index (χ1v) is 9.32. The number of guanidine groups is 1. The maximum Gasteiger partial charge on any atom is 0.231 e. The van der Waals surface area contributed by atoms with Crippen LogP contribution in [0, 0.1) is 0 Å². The van der Waals surface area contributed by atoms with Gasteiger partial charge in [0.2, 0.25) is 6.79 Å². The minimum atomic E-state index is 0.280. The molecule has 0 saturated carbocycles. The van der Waals surface area contributed by atoms with E-state index in [1.807, 2.05) is 72.4 Å². The van der Waals surface area contributed by atoms with Crippen molar-refractivity contribution in [3.8, 4) is 17.2 Å². The van der Waals surface area contributed by atoms with Gasteiger partial charge in [-0.15, -0.1) is 0 Å². The second-order valence-corrected chi connectivity index (χ2v) is 6.32. The molecule has 2 N–H and O–H groups in total. The lowest BCUT2D eigenvalue weighted by atomic mass is 10.2. The van der Waals surface area contributed by atoms with Crippen LogP contribution in [0.5, 0.6) is 11.5 Å². The number of aliphatic imine (C=N–C) groups is 1. The number of hydrogen-bond acceptors (Lipinski definition) is 4. The Bertz CT molecular complexity index is 952. The highest BCUT2D eigenvalue weighted by Gasteiger charge is 2.13. The highest BCUT2D eigenvalue weighted by atomic mass is 16.7. The molecule has 2 heterocycles. The molecule has 2 aromatic carbocycles. The molecule has 144 valence electrons. The summed E-state index contributed by atoms with van der Waals surface area (Å²) in [5.41, 5.74) is 3.05. The molecular weight excluding hydrogens is 354 g/mol. The van der Waals surface area contributed by atoms with E-state index in [1.165, 1.54) is 0 Å². The first-order chi connectivity index (χ1) is 13.8. The second kappa shape index (κ2) is 8.47. The fraction of sp³-hybridized carbons (Fsp3) is 0.238. The molecule has 3 aromatic rings. The van der Waals surface area contributed by atoms with Crippen LogP contribution in [0.4, 0.5) is 0 Å². The van der Waals surface area contributed by atoms with Gasteiger partial charge in [0.05, 0.1) is 24.5 Å². The number of para-hydroxylation sites is 1. The Morgan fingerprint density at radius 1 is 1.07 bits per heavy atom. The Morgan fingerprint density at radius 3 is 2.79 bits per heavy atom. The minimum Gasteiger partial charge on any atom is -0.454 e. The van der Waals surface area contributed by atoms with E-state index in [-0.39, 0.29) is 6.79 Å². The maximum atomic E-state index is 5.43. The molecule has 0 bridgehead atoms. The van der Waals surface area contributed by atoms with E-state index in [9.17, 15) is 0 Å². The largest absolute Gasteiger partial charge is 0.454 e. The highest BCUT2D eigenvalue weighted by Crippen LogP contribution is 2.32. The van der Waals surface area contributed by atoms with Crippen LogP contribution < -0.4 is 20.1 Å². The number of aromatic nitrogens is 2. The Morgan fingerprint density at radius 2 is 1.93 bits per heavy atom. The summed E-state index contributed by atoms with van der Waals surface area (Å²) >= 11 is 0. The van der Waals surface area contributed by atoms with E-state index < -0.39 is 0 Å². The van der Waals surface area contributed by atoms with Gasteiger partial charge in [0, 0.05) is 12.7 Å². The molecular formula is C21H23N5O2. The predicted molar refractivity (Wildman–Crippen MR) is 108 cm³/mol. The van der Waals surface area contributed by atoms with E-state index in [0.29, 0.717) is 13.1 Å². The van der Waals surface area contributed by atoms with Crippen LogP contribution >= 0.6 is 0 Å². The number of benzene rings is 2. The van der Waals surface area contributed by atoms with Crippen LogP contribution in [0.3, 0.4) is 0 Å². The van der Waals surface area contributed by atoms with Gasteiger partial charge in [-0.2, -0.15) is 5.10 Å². The summed E-state index contributed by atoms with van der Waals surface area (Å²) in [6.07, 6.45) is 1.96. The standard InChI is InChI=1S/C21H23N5O2/c1-2-22-21(23-13-16-8-9-19-20(12-16)28-15-27-19)24-14-17-10-11-26(25-17)18-6-4-3-5-7-18/h3-12H,2,13-15H2,1H3,(H2,22,23,24). The minimum absolute atomic E-state index is 0.280. The Balaban J connectivity index is 1.38. The molecule has 1 aliphatic heterocycles. The van der Waals surface area contributed by atoms with Gasteiger partial charge in [-0.05, 0) is 42.8 Å². The van der Waals surface area contributed by atoms with Crippen LogP contribution in [-0.2, 0) is 13.1 Å². The topological polar surface area (TPSA) is 72.7 Å². The van der Waals surface area contributed by atoms with Gasteiger partial charge in [-0.3, -0.25) is 0 Å². The van der Waals surface area contributed by atoms with Crippen LogP contribution in [-0.4, -0.2) is 29.1 Å². The fourth-order valence-electron chi connectivity index (χ4n) is 2.91. The monoisotopic (exact) mass is 377 g/mol. The van der Waals surface area contributed by atoms with Gasteiger partial charge >= 0.3 is 0 Å². The van der Waals surface area contributed by atoms with Crippen molar-refractivity contribution in [3.63, 3.8) is 0 Å². The number of rotatable bonds is 6. The number of nitrogens with one attached hydrogen (secondary N) is 2. The number of nitrogens with zero attached hydrogens (tertiary/aromatic N) is 3. The van der Waals surface area contributed by atoms with E-state index in [2.05, 4.69) is 20.7 Å². The molecule has 0 saturated heterocycles. The predicted octanol–water partition coefficient (Wildman–Crippen LogP) is 2.86. The van der Waals surface area contributed by atoms with Crippen molar-refractivity contribution in [2.45, 2.75) is 20.0 Å². The molecule has 0 radical (unpaired) electrons. The lowest BCUT2D eigenvalue weighted by Crippen LogP contribution is -2.36. The van der Waals surface area contributed by atoms with Crippen LogP contribution in [0.2, 0.25) is 0 Å². The van der Waals surface area contributed by atoms with Crippen molar-refractivity contribution in [1.29, 1.82) is 0 Å². The summed E-state index contributed by atoms with van der Waals surface area (Å²) in [6, 6.07) is 17.9. The van der Waals surface area contributed by atoms with E-state index in [1.54, 1.807) is 0 Å². The molecule has 0 amide bonds. The van der Waals surface area contributed by atoms with Crippen molar-refractivity contribution < 1.29 is 9.47 Å². The third-order valence-corrected chi connectivity index (χ3v) is 4.30. The Labute approximate surface area is 164 Å². The molecule has 0 unspecified atom stereocenters. The van der Waals surface area contributed by atoms with Gasteiger partial charge in [0.15, 0.2) is 17.5 Å². The summed E-state index contributed by atoms with van der Waals surface area (Å²) in [4.78, 5) is 4.65. The molecule has 0 atom stereocenters. The van der Waals surface area contributed by atoms with E-state index >= 15 is 0 Å². The summed E-state index contributed by atoms with van der Waals surface area (Å²) in [5.74, 6) is 2.30. The quantitative estimate of drug-likeness (QED) is 0.511. The average molecular weight is 377 g/mol. The zero-order valence-electron chi connectivity index (χ0n) is 15.8. The molecule has 7 nitrogen and oxygen atoms in total. The van der Waals surface area contributed by atoms with Gasteiger partial charge in [0.1, 0.15) is 0 Å². The van der Waals surface area contributed by atoms with Crippen molar-refractivity contribution in [2.75, 3.05) is 13.3 Å². The molecule has 0 aliphatic carbocycles. The molecule has 0 fully saturated rings. The first kappa shape index (κ1) is 17.9. The first-order valence-electron chi connectivity index (χ1n) is 9.32. The third kappa shape index (κ3) is 4.25. The molecule has 4 rings (SSSR count). The smallest absolute Gasteiger partial charge is 0.231 e. The van der Waals surface area contributed by atoms with Crippen LogP contribution in [0.1, 0.15) is 18.2 Å². The lowest BCUT2D eigenvalue weighted by Gasteiger charge is -2.10. The van der Waals surface area contributed by atoms with E-state index in [4.69, 9.17) is 9.47 Å². The number of fused-ring (bicyclic) bond motifs is 1. The van der Waals surface area contributed by atoms with Crippen molar-refractivity contribution >= 4 is 5.96 Å². The highest BCUT2D eigenvalue weighted by molar-refractivity contribution is 5.79. The summed E-state index contributed by atoms with van der Waals surface area (Å²) in [7, 11) is 0. The normalized spacial score (nSPS) is 12.8. The SMILES string of the molecule is CCNC(=NCc1ccc2c(c1)OCO2)NCc1ccn(-c2ccccc2)n1. The lowest BCUT2D eigenvalue weighted by molar-refractivity contribution is 0.174. The maximum absolute atomic E-state index is 5.43. The fourth-order valence-corrected chi connectivity index (χ4v) is 2.91. The van der Waals surface area contributed by atoms with Crippen molar-refractivity contribution in [2.24, 2.45) is 4.99 Å². The Hall–Kier alpha value is -3.48. The van der Waals surface area contributed by atoms with Gasteiger partial charge in [-0.25, -0.2) is 9.67 Å². The second-order valence-electron chi connectivity index (χ2n) is 6.32. The number of ether oxygens (including phenoxy) is 2. The van der Waals surface area contributed by atoms with Gasteiger partial charge in [0.25, 0.3) is 0 Å². The zero-order valence-corrected chi connectivity index (χ0v) is 15.8. The Kier molecular flexibility index (Phi) is 5.42. The summed E-state index contributed by atoms with van der Waals surface area (Å²) < 4.78 is 12.6. The molecule has 0 spiro atoms. The van der Waals surface area contributed by atoms with Crippen molar-refractivity contribution in [3.05, 3.63) is 72.1 Å². The zero-order chi connectivity index (χ0) is 19.2.